The highest BCUT2D eigenvalue weighted by atomic mass is 32.2. The van der Waals surface area contributed by atoms with E-state index in [0.717, 1.165) is 22.7 Å². The second-order valence-electron chi connectivity index (χ2n) is 7.05. The lowest BCUT2D eigenvalue weighted by atomic mass is 10.1. The number of hydrogen-bond donors (Lipinski definition) is 0. The quantitative estimate of drug-likeness (QED) is 0.316. The number of carbonyl (C=O) groups is 1. The van der Waals surface area contributed by atoms with Gasteiger partial charge in [-0.1, -0.05) is 25.6 Å². The van der Waals surface area contributed by atoms with Gasteiger partial charge in [0.05, 0.1) is 12.1 Å². The zero-order chi connectivity index (χ0) is 20.2. The number of pyridine rings is 1. The maximum atomic E-state index is 14.7. The number of aryl methyl sites for hydroxylation is 1. The van der Waals surface area contributed by atoms with Crippen LogP contribution in [0.2, 0.25) is 19.6 Å². The lowest BCUT2D eigenvalue weighted by Crippen LogP contribution is -2.26. The number of halogens is 1. The summed E-state index contributed by atoms with van der Waals surface area (Å²) in [6.07, 6.45) is 3.37. The molecule has 4 nitrogen and oxygen atoms in total. The summed E-state index contributed by atoms with van der Waals surface area (Å²) in [4.78, 5) is 16.3. The van der Waals surface area contributed by atoms with Gasteiger partial charge in [-0.3, -0.25) is 4.98 Å². The monoisotopic (exact) mass is 405 g/mol. The molecule has 0 saturated carbocycles. The smallest absolute Gasteiger partial charge is 0.358 e. The Morgan fingerprint density at radius 1 is 1.37 bits per heavy atom. The molecule has 0 aliphatic heterocycles. The first-order valence-corrected chi connectivity index (χ1v) is 13.4. The largest absolute Gasteiger partial charge is 0.465 e. The number of hydrogen-bond acceptors (Lipinski definition) is 5. The van der Waals surface area contributed by atoms with Crippen LogP contribution in [0.1, 0.15) is 18.1 Å². The summed E-state index contributed by atoms with van der Waals surface area (Å²) in [7, 11) is -1.51. The van der Waals surface area contributed by atoms with E-state index in [1.54, 1.807) is 32.4 Å². The first kappa shape index (κ1) is 21.3. The SMILES string of the molecule is CCOC(=O)C(Oc1cc2cc(C#C[Si](C)(C)C)cnc2c(C)c1F)SC. The summed E-state index contributed by atoms with van der Waals surface area (Å²) in [6, 6.07) is 3.43. The van der Waals surface area contributed by atoms with Crippen LogP contribution in [-0.2, 0) is 9.53 Å². The van der Waals surface area contributed by atoms with Crippen LogP contribution in [0, 0.1) is 24.2 Å². The Labute approximate surface area is 164 Å². The van der Waals surface area contributed by atoms with Gasteiger partial charge in [0.15, 0.2) is 11.6 Å². The van der Waals surface area contributed by atoms with Crippen LogP contribution in [0.5, 0.6) is 5.75 Å². The standard InChI is InChI=1S/C20H24FNO3SSi/c1-7-24-19(23)20(26-3)25-16-11-15-10-14(8-9-27(4,5)6)12-22-18(15)13(2)17(16)21/h10-12,20H,7H2,1-6H3. The number of aromatic nitrogens is 1. The molecule has 0 aliphatic carbocycles. The van der Waals surface area contributed by atoms with Gasteiger partial charge in [0.25, 0.3) is 0 Å². The number of fused-ring (bicyclic) bond motifs is 1. The molecule has 0 bridgehead atoms. The Hall–Kier alpha value is -2.04. The minimum atomic E-state index is -1.51. The number of esters is 1. The van der Waals surface area contributed by atoms with Gasteiger partial charge in [-0.15, -0.1) is 17.3 Å². The van der Waals surface area contributed by atoms with E-state index in [9.17, 15) is 9.18 Å². The van der Waals surface area contributed by atoms with Gasteiger partial charge >= 0.3 is 5.97 Å². The Morgan fingerprint density at radius 3 is 2.67 bits per heavy atom. The Balaban J connectivity index is 2.46. The molecule has 0 fully saturated rings. The van der Waals surface area contributed by atoms with Gasteiger partial charge in [-0.25, -0.2) is 9.18 Å². The summed E-state index contributed by atoms with van der Waals surface area (Å²) in [5.74, 6) is 2.10. The highest BCUT2D eigenvalue weighted by Crippen LogP contribution is 2.30. The lowest BCUT2D eigenvalue weighted by molar-refractivity contribution is -0.147. The summed E-state index contributed by atoms with van der Waals surface area (Å²) in [5.41, 5.74) is 4.06. The van der Waals surface area contributed by atoms with E-state index in [-0.39, 0.29) is 12.4 Å². The van der Waals surface area contributed by atoms with Crippen LogP contribution in [0.3, 0.4) is 0 Å². The Morgan fingerprint density at radius 2 is 2.07 bits per heavy atom. The van der Waals surface area contributed by atoms with Gasteiger partial charge in [0.2, 0.25) is 5.44 Å². The minimum Gasteiger partial charge on any atom is -0.465 e. The fourth-order valence-corrected chi connectivity index (χ4v) is 3.31. The van der Waals surface area contributed by atoms with Crippen molar-refractivity contribution in [3.63, 3.8) is 0 Å². The van der Waals surface area contributed by atoms with Crippen molar-refractivity contribution in [2.45, 2.75) is 38.9 Å². The highest BCUT2D eigenvalue weighted by molar-refractivity contribution is 7.99. The summed E-state index contributed by atoms with van der Waals surface area (Å²) >= 11 is 1.15. The average Bonchev–Trinajstić information content (AvgIpc) is 2.61. The van der Waals surface area contributed by atoms with Gasteiger partial charge in [-0.05, 0) is 32.2 Å². The number of ether oxygens (including phenoxy) is 2. The molecule has 0 spiro atoms. The van der Waals surface area contributed by atoms with Crippen LogP contribution >= 0.6 is 11.8 Å². The van der Waals surface area contributed by atoms with Crippen molar-refractivity contribution in [3.05, 3.63) is 35.3 Å². The highest BCUT2D eigenvalue weighted by Gasteiger charge is 2.23. The van der Waals surface area contributed by atoms with E-state index in [1.165, 1.54) is 0 Å². The molecule has 0 N–H and O–H groups in total. The zero-order valence-corrected chi connectivity index (χ0v) is 18.3. The van der Waals surface area contributed by atoms with Crippen molar-refractivity contribution in [1.29, 1.82) is 0 Å². The number of rotatable bonds is 5. The van der Waals surface area contributed by atoms with Crippen LogP contribution in [-0.4, -0.2) is 37.3 Å². The van der Waals surface area contributed by atoms with E-state index in [0.29, 0.717) is 11.1 Å². The molecule has 27 heavy (non-hydrogen) atoms. The number of carbonyl (C=O) groups excluding carboxylic acids is 1. The van der Waals surface area contributed by atoms with E-state index >= 15 is 0 Å². The lowest BCUT2D eigenvalue weighted by Gasteiger charge is -2.17. The molecule has 0 radical (unpaired) electrons. The third-order valence-corrected chi connectivity index (χ3v) is 5.21. The average molecular weight is 406 g/mol. The number of nitrogens with zero attached hydrogens (tertiary/aromatic N) is 1. The molecule has 144 valence electrons. The topological polar surface area (TPSA) is 48.4 Å². The number of benzene rings is 1. The van der Waals surface area contributed by atoms with Gasteiger partial charge in [-0.2, -0.15) is 0 Å². The van der Waals surface area contributed by atoms with Crippen molar-refractivity contribution in [1.82, 2.24) is 4.98 Å². The molecular formula is C20H24FNO3SSi. The van der Waals surface area contributed by atoms with Crippen LogP contribution < -0.4 is 4.74 Å². The van der Waals surface area contributed by atoms with E-state index in [2.05, 4.69) is 36.1 Å². The van der Waals surface area contributed by atoms with Gasteiger partial charge in [0, 0.05) is 22.7 Å². The van der Waals surface area contributed by atoms with Crippen molar-refractivity contribution < 1.29 is 18.7 Å². The fourth-order valence-electron chi connectivity index (χ4n) is 2.33. The van der Waals surface area contributed by atoms with Crippen molar-refractivity contribution in [2.24, 2.45) is 0 Å². The fraction of sp³-hybridized carbons (Fsp3) is 0.400. The van der Waals surface area contributed by atoms with Crippen LogP contribution in [0.15, 0.2) is 18.3 Å². The van der Waals surface area contributed by atoms with Crippen molar-refractivity contribution in [3.8, 4) is 17.2 Å². The summed E-state index contributed by atoms with van der Waals surface area (Å²) in [6.45, 7) is 10.1. The molecule has 2 rings (SSSR count). The minimum absolute atomic E-state index is 0.00417. The molecule has 1 atom stereocenters. The molecule has 7 heteroatoms. The number of thioether (sulfide) groups is 1. The molecule has 2 aromatic rings. The van der Waals surface area contributed by atoms with E-state index < -0.39 is 25.3 Å². The predicted octanol–water partition coefficient (Wildman–Crippen LogP) is 4.54. The molecule has 0 saturated heterocycles. The first-order chi connectivity index (χ1) is 12.7. The van der Waals surface area contributed by atoms with Crippen molar-refractivity contribution >= 4 is 36.7 Å². The Bertz CT molecular complexity index is 915. The zero-order valence-electron chi connectivity index (χ0n) is 16.5. The second-order valence-corrected chi connectivity index (χ2v) is 12.7. The van der Waals surface area contributed by atoms with Gasteiger partial charge in [0.1, 0.15) is 8.07 Å². The molecule has 1 unspecified atom stereocenters. The third-order valence-electron chi connectivity index (χ3n) is 3.61. The molecule has 1 aromatic heterocycles. The third kappa shape index (κ3) is 5.47. The molecule has 0 aliphatic rings. The predicted molar refractivity (Wildman–Crippen MR) is 111 cm³/mol. The van der Waals surface area contributed by atoms with E-state index in [4.69, 9.17) is 9.47 Å². The second kappa shape index (κ2) is 8.76. The maximum absolute atomic E-state index is 14.7. The molecule has 1 heterocycles. The summed E-state index contributed by atoms with van der Waals surface area (Å²) < 4.78 is 25.3. The molecular weight excluding hydrogens is 381 g/mol. The van der Waals surface area contributed by atoms with Gasteiger partial charge < -0.3 is 9.47 Å². The molecule has 1 aromatic carbocycles. The molecule has 0 amide bonds. The summed E-state index contributed by atoms with van der Waals surface area (Å²) in [5, 5.41) is 0.718. The normalized spacial score (nSPS) is 12.3. The van der Waals surface area contributed by atoms with E-state index in [1.807, 2.05) is 6.07 Å². The van der Waals surface area contributed by atoms with Crippen LogP contribution in [0.4, 0.5) is 4.39 Å². The first-order valence-electron chi connectivity index (χ1n) is 8.64. The van der Waals surface area contributed by atoms with Crippen LogP contribution in [0.25, 0.3) is 10.9 Å². The maximum Gasteiger partial charge on any atom is 0.358 e. The Kier molecular flexibility index (Phi) is 6.90. The van der Waals surface area contributed by atoms with Crippen molar-refractivity contribution in [2.75, 3.05) is 12.9 Å².